The van der Waals surface area contributed by atoms with E-state index in [0.29, 0.717) is 24.5 Å². The number of nitrogens with two attached hydrogens (primary N) is 1. The number of aromatic nitrogens is 4. The topological polar surface area (TPSA) is 69.6 Å². The maximum atomic E-state index is 13.0. The molecule has 84 valence electrons. The molecule has 0 spiro atoms. The lowest BCUT2D eigenvalue weighted by Crippen LogP contribution is -2.10. The molecule has 0 radical (unpaired) electrons. The van der Waals surface area contributed by atoms with Crippen LogP contribution < -0.4 is 5.73 Å². The summed E-state index contributed by atoms with van der Waals surface area (Å²) >= 11 is 0. The van der Waals surface area contributed by atoms with E-state index in [1.807, 2.05) is 0 Å². The third kappa shape index (κ3) is 1.89. The molecule has 2 aromatic rings. The summed E-state index contributed by atoms with van der Waals surface area (Å²) in [6.07, 6.45) is 0.464. The van der Waals surface area contributed by atoms with Gasteiger partial charge in [-0.1, -0.05) is 0 Å². The van der Waals surface area contributed by atoms with Crippen LogP contribution in [0.5, 0.6) is 0 Å². The summed E-state index contributed by atoms with van der Waals surface area (Å²) in [6.45, 7) is 0.379. The second-order valence-corrected chi connectivity index (χ2v) is 3.14. The third-order valence-corrected chi connectivity index (χ3v) is 2.05. The molecule has 0 aliphatic heterocycles. The van der Waals surface area contributed by atoms with Gasteiger partial charge < -0.3 is 5.73 Å². The van der Waals surface area contributed by atoms with Crippen LogP contribution in [0.25, 0.3) is 5.69 Å². The average Bonchev–Trinajstić information content (AvgIpc) is 2.71. The van der Waals surface area contributed by atoms with Gasteiger partial charge >= 0.3 is 0 Å². The zero-order chi connectivity index (χ0) is 11.5. The van der Waals surface area contributed by atoms with Crippen LogP contribution in [0.15, 0.2) is 18.2 Å². The van der Waals surface area contributed by atoms with Gasteiger partial charge in [0, 0.05) is 12.5 Å². The Kier molecular flexibility index (Phi) is 2.86. The van der Waals surface area contributed by atoms with E-state index >= 15 is 0 Å². The number of benzene rings is 1. The summed E-state index contributed by atoms with van der Waals surface area (Å²) in [7, 11) is 0. The number of hydrogen-bond acceptors (Lipinski definition) is 4. The van der Waals surface area contributed by atoms with Crippen molar-refractivity contribution in [2.24, 2.45) is 5.73 Å². The fraction of sp³-hybridized carbons (Fsp3) is 0.222. The molecular formula is C9H9F2N5. The summed E-state index contributed by atoms with van der Waals surface area (Å²) in [5.74, 6) is -1.34. The van der Waals surface area contributed by atoms with E-state index in [0.717, 1.165) is 12.1 Å². The van der Waals surface area contributed by atoms with E-state index in [1.54, 1.807) is 0 Å². The SMILES string of the molecule is NCCc1nnnn1-c1ccc(F)c(F)c1. The molecule has 0 saturated heterocycles. The zero-order valence-electron chi connectivity index (χ0n) is 8.27. The van der Waals surface area contributed by atoms with Gasteiger partial charge in [-0.15, -0.1) is 5.10 Å². The molecule has 0 fully saturated rings. The molecule has 0 atom stereocenters. The summed E-state index contributed by atoms with van der Waals surface area (Å²) in [6, 6.07) is 3.46. The molecule has 2 N–H and O–H groups in total. The van der Waals surface area contributed by atoms with Crippen molar-refractivity contribution >= 4 is 0 Å². The lowest BCUT2D eigenvalue weighted by molar-refractivity contribution is 0.507. The summed E-state index contributed by atoms with van der Waals surface area (Å²) in [5.41, 5.74) is 5.75. The zero-order valence-corrected chi connectivity index (χ0v) is 8.27. The van der Waals surface area contributed by atoms with Gasteiger partial charge in [0.2, 0.25) is 0 Å². The first kappa shape index (κ1) is 10.6. The maximum Gasteiger partial charge on any atom is 0.160 e. The van der Waals surface area contributed by atoms with Crippen molar-refractivity contribution in [3.63, 3.8) is 0 Å². The Morgan fingerprint density at radius 3 is 2.75 bits per heavy atom. The molecule has 5 nitrogen and oxygen atoms in total. The molecule has 0 bridgehead atoms. The lowest BCUT2D eigenvalue weighted by atomic mass is 10.3. The van der Waals surface area contributed by atoms with Gasteiger partial charge in [0.05, 0.1) is 5.69 Å². The lowest BCUT2D eigenvalue weighted by Gasteiger charge is -2.03. The Morgan fingerprint density at radius 1 is 1.25 bits per heavy atom. The van der Waals surface area contributed by atoms with Crippen LogP contribution in [0.3, 0.4) is 0 Å². The van der Waals surface area contributed by atoms with Gasteiger partial charge in [-0.25, -0.2) is 8.78 Å². The highest BCUT2D eigenvalue weighted by molar-refractivity contribution is 5.32. The number of rotatable bonds is 3. The Balaban J connectivity index is 2.42. The second-order valence-electron chi connectivity index (χ2n) is 3.14. The number of hydrogen-bond donors (Lipinski definition) is 1. The molecule has 7 heteroatoms. The van der Waals surface area contributed by atoms with E-state index in [1.165, 1.54) is 10.7 Å². The van der Waals surface area contributed by atoms with E-state index in [9.17, 15) is 8.78 Å². The summed E-state index contributed by atoms with van der Waals surface area (Å²) < 4.78 is 27.1. The highest BCUT2D eigenvalue weighted by Gasteiger charge is 2.09. The number of tetrazole rings is 1. The highest BCUT2D eigenvalue weighted by Crippen LogP contribution is 2.13. The molecule has 0 saturated carbocycles. The molecule has 1 aromatic carbocycles. The minimum absolute atomic E-state index is 0.368. The standard InChI is InChI=1S/C9H9F2N5/c10-7-2-1-6(5-8(7)11)16-9(3-4-12)13-14-15-16/h1-2,5H,3-4,12H2. The van der Waals surface area contributed by atoms with Crippen LogP contribution in [0.1, 0.15) is 5.82 Å². The minimum Gasteiger partial charge on any atom is -0.330 e. The highest BCUT2D eigenvalue weighted by atomic mass is 19.2. The van der Waals surface area contributed by atoms with Crippen molar-refractivity contribution in [1.29, 1.82) is 0 Å². The predicted molar refractivity (Wildman–Crippen MR) is 51.8 cm³/mol. The quantitative estimate of drug-likeness (QED) is 0.823. The Bertz CT molecular complexity index is 496. The van der Waals surface area contributed by atoms with Gasteiger partial charge in [0.1, 0.15) is 0 Å². The largest absolute Gasteiger partial charge is 0.330 e. The van der Waals surface area contributed by atoms with E-state index < -0.39 is 11.6 Å². The fourth-order valence-corrected chi connectivity index (χ4v) is 1.31. The molecule has 2 rings (SSSR count). The molecule has 0 aliphatic rings. The molecule has 16 heavy (non-hydrogen) atoms. The van der Waals surface area contributed by atoms with E-state index in [2.05, 4.69) is 15.5 Å². The van der Waals surface area contributed by atoms with Crippen molar-refractivity contribution in [3.8, 4) is 5.69 Å². The van der Waals surface area contributed by atoms with Crippen molar-refractivity contribution in [2.45, 2.75) is 6.42 Å². The summed E-state index contributed by atoms with van der Waals surface area (Å²) in [4.78, 5) is 0. The van der Waals surface area contributed by atoms with Crippen LogP contribution in [0.4, 0.5) is 8.78 Å². The minimum atomic E-state index is -0.938. The molecule has 0 amide bonds. The van der Waals surface area contributed by atoms with Crippen LogP contribution in [-0.2, 0) is 6.42 Å². The van der Waals surface area contributed by atoms with Crippen molar-refractivity contribution < 1.29 is 8.78 Å². The third-order valence-electron chi connectivity index (χ3n) is 2.05. The summed E-state index contributed by atoms with van der Waals surface area (Å²) in [5, 5.41) is 10.9. The molecule has 0 aliphatic carbocycles. The van der Waals surface area contributed by atoms with Gasteiger partial charge in [0.15, 0.2) is 17.5 Å². The predicted octanol–water partition coefficient (Wildman–Crippen LogP) is 0.442. The van der Waals surface area contributed by atoms with Gasteiger partial charge in [0.25, 0.3) is 0 Å². The first-order valence-electron chi connectivity index (χ1n) is 4.65. The Hall–Kier alpha value is -1.89. The van der Waals surface area contributed by atoms with E-state index in [-0.39, 0.29) is 0 Å². The van der Waals surface area contributed by atoms with Crippen molar-refractivity contribution in [3.05, 3.63) is 35.7 Å². The molecule has 1 heterocycles. The van der Waals surface area contributed by atoms with Crippen molar-refractivity contribution in [1.82, 2.24) is 20.2 Å². The van der Waals surface area contributed by atoms with Crippen LogP contribution in [-0.4, -0.2) is 26.8 Å². The van der Waals surface area contributed by atoms with Crippen LogP contribution in [0, 0.1) is 11.6 Å². The monoisotopic (exact) mass is 225 g/mol. The first-order chi connectivity index (χ1) is 7.72. The molecular weight excluding hydrogens is 216 g/mol. The Morgan fingerprint density at radius 2 is 2.06 bits per heavy atom. The number of nitrogens with zero attached hydrogens (tertiary/aromatic N) is 4. The molecule has 1 aromatic heterocycles. The van der Waals surface area contributed by atoms with Crippen LogP contribution in [0.2, 0.25) is 0 Å². The van der Waals surface area contributed by atoms with E-state index in [4.69, 9.17) is 5.73 Å². The van der Waals surface area contributed by atoms with Gasteiger partial charge in [-0.2, -0.15) is 4.68 Å². The van der Waals surface area contributed by atoms with Crippen molar-refractivity contribution in [2.75, 3.05) is 6.54 Å². The smallest absolute Gasteiger partial charge is 0.160 e. The van der Waals surface area contributed by atoms with Gasteiger partial charge in [-0.05, 0) is 29.1 Å². The number of halogens is 2. The maximum absolute atomic E-state index is 13.0. The average molecular weight is 225 g/mol. The Labute approximate surface area is 89.9 Å². The fourth-order valence-electron chi connectivity index (χ4n) is 1.31. The molecule has 0 unspecified atom stereocenters. The second kappa shape index (κ2) is 4.31. The normalized spacial score (nSPS) is 10.7. The van der Waals surface area contributed by atoms with Crippen LogP contribution >= 0.6 is 0 Å². The first-order valence-corrected chi connectivity index (χ1v) is 4.65. The van der Waals surface area contributed by atoms with Gasteiger partial charge in [-0.3, -0.25) is 0 Å².